The summed E-state index contributed by atoms with van der Waals surface area (Å²) in [5.41, 5.74) is 9.86. The van der Waals surface area contributed by atoms with Crippen molar-refractivity contribution in [2.45, 2.75) is 19.4 Å². The van der Waals surface area contributed by atoms with Gasteiger partial charge >= 0.3 is 0 Å². The molecular formula is C17H19FN2. The highest BCUT2D eigenvalue weighted by Crippen LogP contribution is 2.20. The van der Waals surface area contributed by atoms with Gasteiger partial charge in [0.15, 0.2) is 0 Å². The Balaban J connectivity index is 1.73. The number of halogens is 1. The van der Waals surface area contributed by atoms with Crippen molar-refractivity contribution in [3.8, 4) is 0 Å². The number of hydrogen-bond acceptors (Lipinski definition) is 2. The maximum absolute atomic E-state index is 13.5. The van der Waals surface area contributed by atoms with Crippen molar-refractivity contribution in [3.05, 3.63) is 65.0 Å². The highest BCUT2D eigenvalue weighted by atomic mass is 19.1. The van der Waals surface area contributed by atoms with Crippen LogP contribution in [0.15, 0.2) is 42.5 Å². The van der Waals surface area contributed by atoms with Crippen LogP contribution in [0, 0.1) is 5.82 Å². The number of benzene rings is 2. The molecule has 1 aliphatic rings. The van der Waals surface area contributed by atoms with Crippen LogP contribution in [0.2, 0.25) is 0 Å². The van der Waals surface area contributed by atoms with Gasteiger partial charge in [0.1, 0.15) is 5.82 Å². The van der Waals surface area contributed by atoms with Gasteiger partial charge in [0.2, 0.25) is 0 Å². The summed E-state index contributed by atoms with van der Waals surface area (Å²) in [6.07, 6.45) is 2.09. The van der Waals surface area contributed by atoms with Crippen LogP contribution in [0.1, 0.15) is 16.7 Å². The third-order valence-electron chi connectivity index (χ3n) is 4.05. The molecule has 104 valence electrons. The second-order valence-electron chi connectivity index (χ2n) is 5.36. The van der Waals surface area contributed by atoms with Crippen LogP contribution in [0.3, 0.4) is 0 Å². The second-order valence-corrected chi connectivity index (χ2v) is 5.36. The van der Waals surface area contributed by atoms with Crippen LogP contribution in [0.25, 0.3) is 0 Å². The zero-order chi connectivity index (χ0) is 13.9. The number of anilines is 1. The highest BCUT2D eigenvalue weighted by Gasteiger charge is 2.15. The van der Waals surface area contributed by atoms with E-state index in [0.717, 1.165) is 38.0 Å². The molecule has 0 radical (unpaired) electrons. The number of hydrogen-bond donors (Lipinski definition) is 1. The van der Waals surface area contributed by atoms with Gasteiger partial charge in [-0.05, 0) is 35.6 Å². The normalized spacial score (nSPS) is 15.7. The Labute approximate surface area is 119 Å². The van der Waals surface area contributed by atoms with Crippen molar-refractivity contribution in [3.63, 3.8) is 0 Å². The van der Waals surface area contributed by atoms with Crippen LogP contribution in [-0.2, 0) is 19.4 Å². The average Bonchev–Trinajstić information content (AvgIpc) is 2.67. The fourth-order valence-electron chi connectivity index (χ4n) is 2.83. The molecule has 20 heavy (non-hydrogen) atoms. The van der Waals surface area contributed by atoms with Crippen molar-refractivity contribution in [1.29, 1.82) is 0 Å². The van der Waals surface area contributed by atoms with E-state index in [4.69, 9.17) is 5.73 Å². The zero-order valence-corrected chi connectivity index (χ0v) is 11.5. The van der Waals surface area contributed by atoms with Crippen molar-refractivity contribution >= 4 is 5.69 Å². The molecule has 0 aromatic heterocycles. The van der Waals surface area contributed by atoms with Gasteiger partial charge in [0.05, 0.1) is 5.69 Å². The number of nitrogens with zero attached hydrogens (tertiary/aromatic N) is 1. The Kier molecular flexibility index (Phi) is 3.70. The van der Waals surface area contributed by atoms with E-state index in [9.17, 15) is 4.39 Å². The van der Waals surface area contributed by atoms with Crippen molar-refractivity contribution in [2.24, 2.45) is 0 Å². The number of fused-ring (bicyclic) bond motifs is 1. The lowest BCUT2D eigenvalue weighted by Gasteiger charge is -2.20. The molecule has 2 nitrogen and oxygen atoms in total. The Hall–Kier alpha value is -1.87. The maximum atomic E-state index is 13.5. The van der Waals surface area contributed by atoms with Crippen molar-refractivity contribution < 1.29 is 4.39 Å². The first-order chi connectivity index (χ1) is 9.74. The minimum Gasteiger partial charge on any atom is -0.396 e. The zero-order valence-electron chi connectivity index (χ0n) is 11.5. The van der Waals surface area contributed by atoms with Crippen LogP contribution >= 0.6 is 0 Å². The standard InChI is InChI=1S/C17H19FN2/c18-16-7-3-6-15(17(16)19)12-20-10-8-13-4-1-2-5-14(13)9-11-20/h1-7H,8-12,19H2. The molecule has 0 amide bonds. The number of nitrogens with two attached hydrogens (primary N) is 1. The van der Waals surface area contributed by atoms with E-state index in [1.807, 2.05) is 6.07 Å². The van der Waals surface area contributed by atoms with Gasteiger partial charge in [-0.15, -0.1) is 0 Å². The number of para-hydroxylation sites is 1. The molecule has 0 atom stereocenters. The van der Waals surface area contributed by atoms with E-state index in [1.165, 1.54) is 17.2 Å². The molecule has 0 fully saturated rings. The van der Waals surface area contributed by atoms with Crippen molar-refractivity contribution in [1.82, 2.24) is 4.90 Å². The Morgan fingerprint density at radius 1 is 0.950 bits per heavy atom. The van der Waals surface area contributed by atoms with Crippen LogP contribution in [0.5, 0.6) is 0 Å². The average molecular weight is 270 g/mol. The van der Waals surface area contributed by atoms with Gasteiger partial charge < -0.3 is 5.73 Å². The lowest BCUT2D eigenvalue weighted by Crippen LogP contribution is -2.26. The van der Waals surface area contributed by atoms with Crippen LogP contribution in [0.4, 0.5) is 10.1 Å². The fourth-order valence-corrected chi connectivity index (χ4v) is 2.83. The van der Waals surface area contributed by atoms with E-state index in [2.05, 4.69) is 29.2 Å². The lowest BCUT2D eigenvalue weighted by molar-refractivity contribution is 0.279. The number of rotatable bonds is 2. The summed E-state index contributed by atoms with van der Waals surface area (Å²) in [6, 6.07) is 13.7. The molecule has 0 aliphatic carbocycles. The molecule has 1 heterocycles. The van der Waals surface area contributed by atoms with Gasteiger partial charge in [-0.1, -0.05) is 36.4 Å². The first kappa shape index (κ1) is 13.1. The molecule has 0 saturated carbocycles. The monoisotopic (exact) mass is 270 g/mol. The summed E-state index contributed by atoms with van der Waals surface area (Å²) in [7, 11) is 0. The molecular weight excluding hydrogens is 251 g/mol. The molecule has 0 saturated heterocycles. The van der Waals surface area contributed by atoms with E-state index in [-0.39, 0.29) is 11.5 Å². The summed E-state index contributed by atoms with van der Waals surface area (Å²) in [6.45, 7) is 2.71. The molecule has 3 heteroatoms. The molecule has 1 aliphatic heterocycles. The maximum Gasteiger partial charge on any atom is 0.146 e. The van der Waals surface area contributed by atoms with Gasteiger partial charge in [0.25, 0.3) is 0 Å². The number of nitrogen functional groups attached to an aromatic ring is 1. The molecule has 0 unspecified atom stereocenters. The van der Waals surface area contributed by atoms with Gasteiger partial charge in [-0.25, -0.2) is 4.39 Å². The third kappa shape index (κ3) is 2.68. The summed E-state index contributed by atoms with van der Waals surface area (Å²) < 4.78 is 13.5. The quantitative estimate of drug-likeness (QED) is 0.850. The smallest absolute Gasteiger partial charge is 0.146 e. The SMILES string of the molecule is Nc1c(F)cccc1CN1CCc2ccccc2CC1. The first-order valence-electron chi connectivity index (χ1n) is 7.06. The van der Waals surface area contributed by atoms with Gasteiger partial charge in [0, 0.05) is 19.6 Å². The summed E-state index contributed by atoms with van der Waals surface area (Å²) >= 11 is 0. The van der Waals surface area contributed by atoms with Crippen molar-refractivity contribution in [2.75, 3.05) is 18.8 Å². The van der Waals surface area contributed by atoms with Gasteiger partial charge in [-0.2, -0.15) is 0 Å². The van der Waals surface area contributed by atoms with Crippen LogP contribution < -0.4 is 5.73 Å². The van der Waals surface area contributed by atoms with E-state index < -0.39 is 0 Å². The van der Waals surface area contributed by atoms with E-state index in [0.29, 0.717) is 0 Å². The fraction of sp³-hybridized carbons (Fsp3) is 0.294. The highest BCUT2D eigenvalue weighted by molar-refractivity contribution is 5.47. The molecule has 2 N–H and O–H groups in total. The predicted octanol–water partition coefficient (Wildman–Crippen LogP) is 3.01. The predicted molar refractivity (Wildman–Crippen MR) is 79.9 cm³/mol. The second kappa shape index (κ2) is 5.63. The van der Waals surface area contributed by atoms with Crippen LogP contribution in [-0.4, -0.2) is 18.0 Å². The Bertz CT molecular complexity index is 583. The summed E-state index contributed by atoms with van der Waals surface area (Å²) in [4.78, 5) is 2.35. The first-order valence-corrected chi connectivity index (χ1v) is 7.06. The Morgan fingerprint density at radius 2 is 1.60 bits per heavy atom. The minimum absolute atomic E-state index is 0.286. The van der Waals surface area contributed by atoms with E-state index >= 15 is 0 Å². The Morgan fingerprint density at radius 3 is 2.25 bits per heavy atom. The largest absolute Gasteiger partial charge is 0.396 e. The molecule has 0 spiro atoms. The lowest BCUT2D eigenvalue weighted by atomic mass is 10.0. The minimum atomic E-state index is -0.319. The summed E-state index contributed by atoms with van der Waals surface area (Å²) in [5, 5.41) is 0. The molecule has 0 bridgehead atoms. The molecule has 2 aromatic carbocycles. The van der Waals surface area contributed by atoms with Gasteiger partial charge in [-0.3, -0.25) is 4.90 Å². The topological polar surface area (TPSA) is 29.3 Å². The summed E-state index contributed by atoms with van der Waals surface area (Å²) in [5.74, 6) is -0.319. The molecule has 3 rings (SSSR count). The van der Waals surface area contributed by atoms with E-state index in [1.54, 1.807) is 6.07 Å². The molecule has 2 aromatic rings. The third-order valence-corrected chi connectivity index (χ3v) is 4.05.